The number of rotatable bonds is 3. The molecule has 2 aromatic rings. The summed E-state index contributed by atoms with van der Waals surface area (Å²) in [7, 11) is 3.54. The maximum atomic E-state index is 12.5. The molecule has 0 spiro atoms. The van der Waals surface area contributed by atoms with E-state index in [-0.39, 0.29) is 11.9 Å². The molecule has 122 valence electrons. The Morgan fingerprint density at radius 2 is 2.09 bits per heavy atom. The van der Waals surface area contributed by atoms with Crippen LogP contribution in [0.25, 0.3) is 10.9 Å². The zero-order valence-electron chi connectivity index (χ0n) is 13.7. The molecule has 1 amide bonds. The van der Waals surface area contributed by atoms with Crippen molar-refractivity contribution in [1.82, 2.24) is 9.88 Å². The molecule has 3 rings (SSSR count). The van der Waals surface area contributed by atoms with E-state index in [4.69, 9.17) is 5.73 Å². The predicted molar refractivity (Wildman–Crippen MR) is 93.6 cm³/mol. The van der Waals surface area contributed by atoms with Gasteiger partial charge in [-0.1, -0.05) is 18.2 Å². The molecule has 2 unspecified atom stereocenters. The standard InChI is InChI=1S/C18H24N4O/c1-22(2)18(23)15-11-17(20-13-7-5-6-12(19)10-13)21-16-9-4-3-8-14(15)16/h3-4,8-9,11-13H,5-7,10,19H2,1-2H3,(H,20,21). The van der Waals surface area contributed by atoms with E-state index in [1.807, 2.05) is 30.3 Å². The van der Waals surface area contributed by atoms with E-state index in [0.29, 0.717) is 11.6 Å². The van der Waals surface area contributed by atoms with Gasteiger partial charge in [0.2, 0.25) is 0 Å². The summed E-state index contributed by atoms with van der Waals surface area (Å²) in [6.45, 7) is 0. The smallest absolute Gasteiger partial charge is 0.254 e. The van der Waals surface area contributed by atoms with Gasteiger partial charge in [-0.15, -0.1) is 0 Å². The fourth-order valence-electron chi connectivity index (χ4n) is 3.24. The highest BCUT2D eigenvalue weighted by Gasteiger charge is 2.21. The van der Waals surface area contributed by atoms with Crippen molar-refractivity contribution in [3.63, 3.8) is 0 Å². The van der Waals surface area contributed by atoms with Crippen LogP contribution in [0.15, 0.2) is 30.3 Å². The van der Waals surface area contributed by atoms with E-state index >= 15 is 0 Å². The molecule has 5 heteroatoms. The molecule has 5 nitrogen and oxygen atoms in total. The fraction of sp³-hybridized carbons (Fsp3) is 0.444. The minimum absolute atomic E-state index is 0.00741. The van der Waals surface area contributed by atoms with E-state index in [1.54, 1.807) is 19.0 Å². The Morgan fingerprint density at radius 3 is 2.83 bits per heavy atom. The molecule has 1 aliphatic carbocycles. The average Bonchev–Trinajstić information content (AvgIpc) is 2.53. The summed E-state index contributed by atoms with van der Waals surface area (Å²) >= 11 is 0. The summed E-state index contributed by atoms with van der Waals surface area (Å²) in [5.74, 6) is 0.750. The van der Waals surface area contributed by atoms with E-state index < -0.39 is 0 Å². The first-order valence-electron chi connectivity index (χ1n) is 8.18. The monoisotopic (exact) mass is 312 g/mol. The second-order valence-electron chi connectivity index (χ2n) is 6.54. The Hall–Kier alpha value is -2.14. The number of hydrogen-bond acceptors (Lipinski definition) is 4. The molecule has 1 aromatic carbocycles. The first kappa shape index (κ1) is 15.7. The van der Waals surface area contributed by atoms with Crippen LogP contribution in [0.2, 0.25) is 0 Å². The van der Waals surface area contributed by atoms with Crippen LogP contribution in [-0.2, 0) is 0 Å². The predicted octanol–water partition coefficient (Wildman–Crippen LogP) is 2.62. The number of fused-ring (bicyclic) bond motifs is 1. The number of nitrogens with zero attached hydrogens (tertiary/aromatic N) is 2. The van der Waals surface area contributed by atoms with Gasteiger partial charge in [0.05, 0.1) is 11.1 Å². The summed E-state index contributed by atoms with van der Waals surface area (Å²) in [6.07, 6.45) is 4.27. The van der Waals surface area contributed by atoms with Gasteiger partial charge in [0, 0.05) is 31.6 Å². The molecule has 0 bridgehead atoms. The molecule has 0 aliphatic heterocycles. The molecular formula is C18H24N4O. The Bertz CT molecular complexity index is 713. The van der Waals surface area contributed by atoms with E-state index in [1.165, 1.54) is 0 Å². The molecule has 1 heterocycles. The lowest BCUT2D eigenvalue weighted by Gasteiger charge is -2.28. The largest absolute Gasteiger partial charge is 0.367 e. The highest BCUT2D eigenvalue weighted by atomic mass is 16.2. The Balaban J connectivity index is 1.96. The highest BCUT2D eigenvalue weighted by molar-refractivity contribution is 6.06. The molecule has 23 heavy (non-hydrogen) atoms. The van der Waals surface area contributed by atoms with Crippen molar-refractivity contribution in [1.29, 1.82) is 0 Å². The quantitative estimate of drug-likeness (QED) is 0.914. The Labute approximate surface area is 136 Å². The molecule has 1 saturated carbocycles. The summed E-state index contributed by atoms with van der Waals surface area (Å²) in [6, 6.07) is 10.2. The summed E-state index contributed by atoms with van der Waals surface area (Å²) < 4.78 is 0. The minimum atomic E-state index is -0.00741. The van der Waals surface area contributed by atoms with E-state index in [2.05, 4.69) is 10.3 Å². The van der Waals surface area contributed by atoms with Gasteiger partial charge in [-0.2, -0.15) is 0 Å². The average molecular weight is 312 g/mol. The van der Waals surface area contributed by atoms with Crippen LogP contribution in [-0.4, -0.2) is 42.0 Å². The van der Waals surface area contributed by atoms with Gasteiger partial charge in [-0.25, -0.2) is 4.98 Å². The van der Waals surface area contributed by atoms with Crippen molar-refractivity contribution in [2.45, 2.75) is 37.8 Å². The number of amides is 1. The minimum Gasteiger partial charge on any atom is -0.367 e. The van der Waals surface area contributed by atoms with Gasteiger partial charge in [-0.3, -0.25) is 4.79 Å². The third kappa shape index (κ3) is 3.45. The van der Waals surface area contributed by atoms with Crippen molar-refractivity contribution in [3.8, 4) is 0 Å². The molecule has 2 atom stereocenters. The number of carbonyl (C=O) groups excluding carboxylic acids is 1. The lowest BCUT2D eigenvalue weighted by molar-refractivity contribution is 0.0829. The number of nitrogens with one attached hydrogen (secondary N) is 1. The molecule has 0 radical (unpaired) electrons. The molecule has 3 N–H and O–H groups in total. The highest BCUT2D eigenvalue weighted by Crippen LogP contribution is 2.25. The number of benzene rings is 1. The Kier molecular flexibility index (Phi) is 4.48. The van der Waals surface area contributed by atoms with Crippen LogP contribution in [0.5, 0.6) is 0 Å². The van der Waals surface area contributed by atoms with Crippen LogP contribution in [0.4, 0.5) is 5.82 Å². The molecule has 1 aliphatic rings. The number of anilines is 1. The van der Waals surface area contributed by atoms with Crippen molar-refractivity contribution in [2.75, 3.05) is 19.4 Å². The molecule has 0 saturated heterocycles. The maximum absolute atomic E-state index is 12.5. The third-order valence-electron chi connectivity index (χ3n) is 4.42. The first-order valence-corrected chi connectivity index (χ1v) is 8.18. The summed E-state index contributed by atoms with van der Waals surface area (Å²) in [5, 5.41) is 4.36. The number of pyridine rings is 1. The second-order valence-corrected chi connectivity index (χ2v) is 6.54. The van der Waals surface area contributed by atoms with Crippen molar-refractivity contribution >= 4 is 22.6 Å². The van der Waals surface area contributed by atoms with Gasteiger partial charge in [-0.05, 0) is 37.8 Å². The topological polar surface area (TPSA) is 71.2 Å². The van der Waals surface area contributed by atoms with Gasteiger partial charge in [0.25, 0.3) is 5.91 Å². The first-order chi connectivity index (χ1) is 11.0. The number of carbonyl (C=O) groups is 1. The van der Waals surface area contributed by atoms with Gasteiger partial charge in [0.15, 0.2) is 0 Å². The molecule has 1 fully saturated rings. The van der Waals surface area contributed by atoms with Crippen LogP contribution < -0.4 is 11.1 Å². The van der Waals surface area contributed by atoms with Crippen molar-refractivity contribution in [3.05, 3.63) is 35.9 Å². The SMILES string of the molecule is CN(C)C(=O)c1cc(NC2CCCC(N)C2)nc2ccccc12. The van der Waals surface area contributed by atoms with Crippen LogP contribution in [0.3, 0.4) is 0 Å². The van der Waals surface area contributed by atoms with E-state index in [9.17, 15) is 4.79 Å². The van der Waals surface area contributed by atoms with Crippen LogP contribution >= 0.6 is 0 Å². The zero-order chi connectivity index (χ0) is 16.4. The fourth-order valence-corrected chi connectivity index (χ4v) is 3.24. The molecule has 1 aromatic heterocycles. The second kappa shape index (κ2) is 6.54. The van der Waals surface area contributed by atoms with Crippen LogP contribution in [0.1, 0.15) is 36.0 Å². The van der Waals surface area contributed by atoms with Crippen LogP contribution in [0, 0.1) is 0 Å². The number of aromatic nitrogens is 1. The molecular weight excluding hydrogens is 288 g/mol. The third-order valence-corrected chi connectivity index (χ3v) is 4.42. The lowest BCUT2D eigenvalue weighted by Crippen LogP contribution is -2.35. The van der Waals surface area contributed by atoms with Gasteiger partial charge < -0.3 is 16.0 Å². The maximum Gasteiger partial charge on any atom is 0.254 e. The van der Waals surface area contributed by atoms with E-state index in [0.717, 1.165) is 42.4 Å². The lowest BCUT2D eigenvalue weighted by atomic mass is 9.91. The number of nitrogens with two attached hydrogens (primary N) is 1. The van der Waals surface area contributed by atoms with Crippen molar-refractivity contribution in [2.24, 2.45) is 5.73 Å². The van der Waals surface area contributed by atoms with Gasteiger partial charge in [0.1, 0.15) is 5.82 Å². The van der Waals surface area contributed by atoms with Gasteiger partial charge >= 0.3 is 0 Å². The summed E-state index contributed by atoms with van der Waals surface area (Å²) in [5.41, 5.74) is 7.59. The number of para-hydroxylation sites is 1. The summed E-state index contributed by atoms with van der Waals surface area (Å²) in [4.78, 5) is 18.8. The Morgan fingerprint density at radius 1 is 1.30 bits per heavy atom. The normalized spacial score (nSPS) is 21.2. The van der Waals surface area contributed by atoms with Crippen molar-refractivity contribution < 1.29 is 4.79 Å². The number of hydrogen-bond donors (Lipinski definition) is 2. The zero-order valence-corrected chi connectivity index (χ0v) is 13.7.